The number of benzene rings is 1. The Morgan fingerprint density at radius 2 is 2.11 bits per heavy atom. The summed E-state index contributed by atoms with van der Waals surface area (Å²) in [4.78, 5) is 4.48. The highest BCUT2D eigenvalue weighted by Crippen LogP contribution is 2.28. The van der Waals surface area contributed by atoms with Crippen LogP contribution in [0, 0.1) is 6.92 Å². The molecular weight excluding hydrogens is 242 g/mol. The molecule has 0 fully saturated rings. The topological polar surface area (TPSA) is 76.6 Å². The number of nitrogens with zero attached hydrogens (tertiary/aromatic N) is 4. The number of hydrogen-bond donors (Lipinski definition) is 1. The summed E-state index contributed by atoms with van der Waals surface area (Å²) in [5, 5.41) is 14.8. The molecule has 2 heterocycles. The van der Waals surface area contributed by atoms with Crippen LogP contribution in [0.15, 0.2) is 30.3 Å². The van der Waals surface area contributed by atoms with E-state index in [2.05, 4.69) is 25.6 Å². The number of fused-ring (bicyclic) bond motifs is 1. The van der Waals surface area contributed by atoms with Crippen LogP contribution >= 0.6 is 0 Å². The van der Waals surface area contributed by atoms with Gasteiger partial charge >= 0.3 is 0 Å². The van der Waals surface area contributed by atoms with Gasteiger partial charge in [-0.05, 0) is 26.0 Å². The molecule has 0 amide bonds. The smallest absolute Gasteiger partial charge is 0.214 e. The molecule has 0 aliphatic rings. The van der Waals surface area contributed by atoms with Crippen molar-refractivity contribution < 1.29 is 4.74 Å². The molecule has 1 N–H and O–H groups in total. The van der Waals surface area contributed by atoms with E-state index in [0.29, 0.717) is 5.82 Å². The number of tetrazole rings is 1. The lowest BCUT2D eigenvalue weighted by Gasteiger charge is -2.13. The Bertz CT molecular complexity index is 695. The van der Waals surface area contributed by atoms with Crippen molar-refractivity contribution in [1.29, 1.82) is 0 Å². The second-order valence-electron chi connectivity index (χ2n) is 4.31. The molecule has 0 saturated heterocycles. The van der Waals surface area contributed by atoms with Crippen LogP contribution in [-0.4, -0.2) is 25.6 Å². The lowest BCUT2D eigenvalue weighted by atomic mass is 10.2. The van der Waals surface area contributed by atoms with Crippen molar-refractivity contribution in [2.24, 2.45) is 0 Å². The third-order valence-corrected chi connectivity index (χ3v) is 2.84. The minimum atomic E-state index is -0.274. The van der Waals surface area contributed by atoms with Gasteiger partial charge in [0.15, 0.2) is 6.10 Å². The molecule has 0 bridgehead atoms. The third-order valence-electron chi connectivity index (χ3n) is 2.84. The Hall–Kier alpha value is -2.50. The average Bonchev–Trinajstić information content (AvgIpc) is 2.92. The van der Waals surface area contributed by atoms with Gasteiger partial charge in [-0.2, -0.15) is 5.21 Å². The molecule has 3 aromatic rings. The second kappa shape index (κ2) is 4.64. The highest BCUT2D eigenvalue weighted by atomic mass is 16.5. The van der Waals surface area contributed by atoms with Crippen LogP contribution < -0.4 is 4.74 Å². The van der Waals surface area contributed by atoms with E-state index in [1.54, 1.807) is 0 Å². The van der Waals surface area contributed by atoms with Crippen LogP contribution in [0.2, 0.25) is 0 Å². The van der Waals surface area contributed by atoms with Crippen LogP contribution in [0.5, 0.6) is 5.75 Å². The first-order chi connectivity index (χ1) is 9.24. The van der Waals surface area contributed by atoms with E-state index in [1.807, 2.05) is 44.2 Å². The minimum Gasteiger partial charge on any atom is -0.482 e. The molecule has 1 aromatic carbocycles. The van der Waals surface area contributed by atoms with E-state index in [0.717, 1.165) is 22.3 Å². The van der Waals surface area contributed by atoms with Crippen molar-refractivity contribution in [3.63, 3.8) is 0 Å². The van der Waals surface area contributed by atoms with E-state index < -0.39 is 0 Å². The molecule has 96 valence electrons. The lowest BCUT2D eigenvalue weighted by Crippen LogP contribution is -2.06. The highest BCUT2D eigenvalue weighted by Gasteiger charge is 2.14. The predicted molar refractivity (Wildman–Crippen MR) is 69.7 cm³/mol. The Kier molecular flexibility index (Phi) is 2.83. The number of H-pyrrole nitrogens is 1. The van der Waals surface area contributed by atoms with Gasteiger partial charge in [-0.3, -0.25) is 4.98 Å². The number of aromatic nitrogens is 5. The molecule has 0 radical (unpaired) electrons. The van der Waals surface area contributed by atoms with Gasteiger partial charge in [0.05, 0.1) is 5.52 Å². The maximum atomic E-state index is 5.93. The van der Waals surface area contributed by atoms with E-state index in [4.69, 9.17) is 4.74 Å². The molecule has 2 aromatic heterocycles. The summed E-state index contributed by atoms with van der Waals surface area (Å²) in [5.74, 6) is 1.30. The Morgan fingerprint density at radius 3 is 2.89 bits per heavy atom. The Morgan fingerprint density at radius 1 is 1.26 bits per heavy atom. The molecule has 0 aliphatic heterocycles. The fourth-order valence-corrected chi connectivity index (χ4v) is 1.95. The fraction of sp³-hybridized carbons (Fsp3) is 0.231. The maximum Gasteiger partial charge on any atom is 0.214 e. The number of aryl methyl sites for hydroxylation is 1. The van der Waals surface area contributed by atoms with Crippen molar-refractivity contribution >= 4 is 10.9 Å². The Balaban J connectivity index is 2.00. The molecule has 0 aliphatic carbocycles. The summed E-state index contributed by atoms with van der Waals surface area (Å²) >= 11 is 0. The van der Waals surface area contributed by atoms with Crippen molar-refractivity contribution in [3.05, 3.63) is 41.9 Å². The number of nitrogens with one attached hydrogen (secondary N) is 1. The summed E-state index contributed by atoms with van der Waals surface area (Å²) in [6, 6.07) is 9.79. The standard InChI is InChI=1S/C13H13N5O/c1-8-7-12(10-5-3-4-6-11(10)14-8)19-9(2)13-15-17-18-16-13/h3-7,9H,1-2H3,(H,15,16,17,18). The van der Waals surface area contributed by atoms with E-state index in [9.17, 15) is 0 Å². The van der Waals surface area contributed by atoms with E-state index >= 15 is 0 Å². The summed E-state index contributed by atoms with van der Waals surface area (Å²) in [6.07, 6.45) is -0.274. The molecule has 19 heavy (non-hydrogen) atoms. The van der Waals surface area contributed by atoms with Crippen molar-refractivity contribution in [1.82, 2.24) is 25.6 Å². The highest BCUT2D eigenvalue weighted by molar-refractivity contribution is 5.85. The van der Waals surface area contributed by atoms with Crippen LogP contribution in [0.25, 0.3) is 10.9 Å². The Labute approximate surface area is 109 Å². The summed E-state index contributed by atoms with van der Waals surface area (Å²) in [7, 11) is 0. The van der Waals surface area contributed by atoms with Crippen molar-refractivity contribution in [2.45, 2.75) is 20.0 Å². The largest absolute Gasteiger partial charge is 0.482 e. The quantitative estimate of drug-likeness (QED) is 0.776. The summed E-state index contributed by atoms with van der Waals surface area (Å²) in [5.41, 5.74) is 1.83. The van der Waals surface area contributed by atoms with Gasteiger partial charge in [0, 0.05) is 17.1 Å². The molecule has 1 atom stereocenters. The average molecular weight is 255 g/mol. The molecule has 1 unspecified atom stereocenters. The van der Waals surface area contributed by atoms with Gasteiger partial charge in [-0.1, -0.05) is 17.3 Å². The minimum absolute atomic E-state index is 0.274. The first-order valence-electron chi connectivity index (χ1n) is 6.00. The van der Waals surface area contributed by atoms with Gasteiger partial charge in [0.25, 0.3) is 0 Å². The van der Waals surface area contributed by atoms with Crippen LogP contribution in [-0.2, 0) is 0 Å². The predicted octanol–water partition coefficient (Wildman–Crippen LogP) is 2.20. The number of para-hydroxylation sites is 1. The second-order valence-corrected chi connectivity index (χ2v) is 4.31. The number of aromatic amines is 1. The zero-order valence-corrected chi connectivity index (χ0v) is 10.7. The maximum absolute atomic E-state index is 5.93. The van der Waals surface area contributed by atoms with Crippen LogP contribution in [0.3, 0.4) is 0 Å². The first-order valence-corrected chi connectivity index (χ1v) is 6.00. The number of hydrogen-bond acceptors (Lipinski definition) is 5. The van der Waals surface area contributed by atoms with Gasteiger partial charge in [-0.25, -0.2) is 0 Å². The number of ether oxygens (including phenoxy) is 1. The van der Waals surface area contributed by atoms with Crippen LogP contribution in [0.1, 0.15) is 24.5 Å². The van der Waals surface area contributed by atoms with Gasteiger partial charge < -0.3 is 4.74 Å². The lowest BCUT2D eigenvalue weighted by molar-refractivity contribution is 0.219. The first kappa shape index (κ1) is 11.6. The van der Waals surface area contributed by atoms with Gasteiger partial charge in [0.2, 0.25) is 5.82 Å². The molecule has 6 nitrogen and oxygen atoms in total. The van der Waals surface area contributed by atoms with E-state index in [-0.39, 0.29) is 6.10 Å². The molecule has 6 heteroatoms. The van der Waals surface area contributed by atoms with Crippen molar-refractivity contribution in [3.8, 4) is 5.75 Å². The van der Waals surface area contributed by atoms with Crippen LogP contribution in [0.4, 0.5) is 0 Å². The molecule has 0 spiro atoms. The molecule has 3 rings (SSSR count). The fourth-order valence-electron chi connectivity index (χ4n) is 1.95. The van der Waals surface area contributed by atoms with Crippen molar-refractivity contribution in [2.75, 3.05) is 0 Å². The van der Waals surface area contributed by atoms with Gasteiger partial charge in [-0.15, -0.1) is 10.2 Å². The monoisotopic (exact) mass is 255 g/mol. The summed E-state index contributed by atoms with van der Waals surface area (Å²) < 4.78 is 5.93. The zero-order valence-electron chi connectivity index (χ0n) is 10.7. The number of pyridine rings is 1. The van der Waals surface area contributed by atoms with Gasteiger partial charge in [0.1, 0.15) is 5.75 Å². The molecule has 0 saturated carbocycles. The molecular formula is C13H13N5O. The third kappa shape index (κ3) is 2.24. The number of rotatable bonds is 3. The normalized spacial score (nSPS) is 12.5. The zero-order chi connectivity index (χ0) is 13.2. The SMILES string of the molecule is Cc1cc(OC(C)c2nn[nH]n2)c2ccccc2n1. The summed E-state index contributed by atoms with van der Waals surface area (Å²) in [6.45, 7) is 3.83. The van der Waals surface area contributed by atoms with E-state index in [1.165, 1.54) is 0 Å².